The van der Waals surface area contributed by atoms with Crippen LogP contribution in [0.15, 0.2) is 50.8 Å². The summed E-state index contributed by atoms with van der Waals surface area (Å²) in [5.41, 5.74) is 15.1. The summed E-state index contributed by atoms with van der Waals surface area (Å²) in [7, 11) is 0. The molecule has 0 aliphatic heterocycles. The van der Waals surface area contributed by atoms with Gasteiger partial charge in [-0.3, -0.25) is 0 Å². The van der Waals surface area contributed by atoms with Gasteiger partial charge < -0.3 is 11.7 Å². The number of hydrazone groups is 2. The average molecular weight is 352 g/mol. The molecule has 0 spiro atoms. The third-order valence-corrected chi connectivity index (χ3v) is 5.58. The maximum absolute atomic E-state index is 7.03. The molecule has 10 heteroatoms. The second-order valence-corrected chi connectivity index (χ2v) is 6.98. The predicted molar refractivity (Wildman–Crippen MR) is 96.7 cm³/mol. The van der Waals surface area contributed by atoms with E-state index in [1.54, 1.807) is 0 Å². The molecule has 0 aliphatic rings. The first kappa shape index (κ1) is 19.1. The van der Waals surface area contributed by atoms with Gasteiger partial charge in [-0.15, -0.1) is 10.2 Å². The van der Waals surface area contributed by atoms with E-state index in [0.717, 1.165) is 6.42 Å². The van der Waals surface area contributed by atoms with E-state index in [2.05, 4.69) is 39.5 Å². The second-order valence-electron chi connectivity index (χ2n) is 5.10. The van der Waals surface area contributed by atoms with Crippen LogP contribution in [0.25, 0.3) is 0 Å². The zero-order valence-corrected chi connectivity index (χ0v) is 14.4. The molecule has 0 aromatic heterocycles. The van der Waals surface area contributed by atoms with Gasteiger partial charge in [-0.2, -0.15) is 10.2 Å². The van der Waals surface area contributed by atoms with Crippen molar-refractivity contribution in [3.05, 3.63) is 35.9 Å². The molecule has 0 radical (unpaired) electrons. The number of hydrogen-bond acceptors (Lipinski definition) is 8. The summed E-state index contributed by atoms with van der Waals surface area (Å²) in [6.07, 6.45) is 0.805. The molecular weight excluding hydrogens is 332 g/mol. The summed E-state index contributed by atoms with van der Waals surface area (Å²) < 4.78 is 0. The van der Waals surface area contributed by atoms with Gasteiger partial charge in [-0.1, -0.05) is 60.8 Å². The third kappa shape index (κ3) is 6.78. The molecule has 124 valence electrons. The molecule has 0 heterocycles. The lowest BCUT2D eigenvalue weighted by molar-refractivity contribution is 0.433. The Bertz CT molecular complexity index is 545. The number of hydrogen-bond donors (Lipinski definition) is 4. The van der Waals surface area contributed by atoms with E-state index >= 15 is 0 Å². The van der Waals surface area contributed by atoms with E-state index in [1.165, 1.54) is 29.1 Å². The first-order valence-electron chi connectivity index (χ1n) is 6.67. The van der Waals surface area contributed by atoms with Crippen molar-refractivity contribution in [3.63, 3.8) is 0 Å². The van der Waals surface area contributed by atoms with Crippen LogP contribution in [-0.4, -0.2) is 21.8 Å². The van der Waals surface area contributed by atoms with Crippen molar-refractivity contribution in [2.24, 2.45) is 37.5 Å². The van der Waals surface area contributed by atoms with Crippen LogP contribution in [-0.2, 0) is 6.42 Å². The van der Waals surface area contributed by atoms with Gasteiger partial charge in [0.25, 0.3) is 0 Å². The van der Waals surface area contributed by atoms with Crippen molar-refractivity contribution in [3.8, 4) is 0 Å². The van der Waals surface area contributed by atoms with Crippen LogP contribution in [0.2, 0.25) is 0 Å². The Labute approximate surface area is 143 Å². The smallest absolute Gasteiger partial charge is 0.226 e. The van der Waals surface area contributed by atoms with Crippen molar-refractivity contribution in [2.45, 2.75) is 13.3 Å². The van der Waals surface area contributed by atoms with E-state index in [0.29, 0.717) is 11.5 Å². The number of nitrogens with zero attached hydrogens (tertiary/aromatic N) is 4. The minimum Gasteiger partial charge on any atom is -0.321 e. The molecule has 1 aromatic rings. The highest BCUT2D eigenvalue weighted by atomic mass is 32.2. The molecule has 0 bridgehead atoms. The van der Waals surface area contributed by atoms with Gasteiger partial charge in [-0.05, 0) is 17.4 Å². The lowest BCUT2D eigenvalue weighted by Crippen LogP contribution is -2.27. The van der Waals surface area contributed by atoms with Crippen molar-refractivity contribution in [1.82, 2.24) is 0 Å². The Hall–Kier alpha value is -1.94. The van der Waals surface area contributed by atoms with Gasteiger partial charge in [0, 0.05) is 11.5 Å². The first-order valence-corrected chi connectivity index (χ1v) is 8.64. The molecule has 0 aliphatic carbocycles. The highest BCUT2D eigenvalue weighted by Gasteiger charge is 2.27. The molecule has 8 nitrogen and oxygen atoms in total. The lowest BCUT2D eigenvalue weighted by Gasteiger charge is -2.28. The maximum Gasteiger partial charge on any atom is 0.226 e. The predicted octanol–water partition coefficient (Wildman–Crippen LogP) is 3.22. The zero-order chi connectivity index (χ0) is 17.1. The molecule has 1 aromatic carbocycles. The Morgan fingerprint density at radius 1 is 1.00 bits per heavy atom. The molecule has 0 saturated heterocycles. The fraction of sp³-hybridized carbons (Fsp3) is 0.385. The molecular formula is C13H20N8S2. The van der Waals surface area contributed by atoms with Gasteiger partial charge in [-0.25, -0.2) is 11.1 Å². The first-order chi connectivity index (χ1) is 11.1. The lowest BCUT2D eigenvalue weighted by atomic mass is 9.87. The summed E-state index contributed by atoms with van der Waals surface area (Å²) in [5.74, 6) is 11.7. The van der Waals surface area contributed by atoms with E-state index in [1.807, 2.05) is 18.2 Å². The van der Waals surface area contributed by atoms with Crippen molar-refractivity contribution >= 4 is 33.9 Å². The Morgan fingerprint density at radius 3 is 1.87 bits per heavy atom. The van der Waals surface area contributed by atoms with Gasteiger partial charge in [0.15, 0.2) is 0 Å². The van der Waals surface area contributed by atoms with Crippen molar-refractivity contribution in [1.29, 1.82) is 11.1 Å². The fourth-order valence-electron chi connectivity index (χ4n) is 1.91. The van der Waals surface area contributed by atoms with Crippen LogP contribution in [0.1, 0.15) is 12.5 Å². The number of nitrogens with one attached hydrogen (secondary N) is 2. The molecule has 1 rings (SSSR count). The Balaban J connectivity index is 2.84. The SMILES string of the molecule is CC(CSC(N=N)=NN)(CSC(N=N)=NN)Cc1ccccc1. The number of amidine groups is 2. The Kier molecular flexibility index (Phi) is 8.27. The largest absolute Gasteiger partial charge is 0.321 e. The minimum absolute atomic E-state index is 0.169. The monoisotopic (exact) mass is 352 g/mol. The summed E-state index contributed by atoms with van der Waals surface area (Å²) in [6, 6.07) is 10.1. The standard InChI is InChI=1S/C13H20N8S2/c1-13(8-22-11(18-14)19-15,9-23-12(20-16)21-17)7-10-5-3-2-4-6-10/h2-6,14,16H,7-9,15,17H2,1H3. The number of thioether (sulfide) groups is 2. The third-order valence-electron chi connectivity index (χ3n) is 2.99. The molecule has 0 atom stereocenters. The van der Waals surface area contributed by atoms with Crippen LogP contribution in [0.3, 0.4) is 0 Å². The van der Waals surface area contributed by atoms with E-state index in [9.17, 15) is 0 Å². The van der Waals surface area contributed by atoms with Crippen molar-refractivity contribution in [2.75, 3.05) is 11.5 Å². The van der Waals surface area contributed by atoms with E-state index in [-0.39, 0.29) is 15.8 Å². The van der Waals surface area contributed by atoms with Crippen LogP contribution in [0, 0.1) is 16.5 Å². The van der Waals surface area contributed by atoms with Crippen LogP contribution < -0.4 is 11.7 Å². The van der Waals surface area contributed by atoms with Gasteiger partial charge >= 0.3 is 0 Å². The summed E-state index contributed by atoms with van der Waals surface area (Å²) in [6.45, 7) is 2.11. The number of benzene rings is 1. The molecule has 6 N–H and O–H groups in total. The summed E-state index contributed by atoms with van der Waals surface area (Å²) in [4.78, 5) is 0. The number of nitrogens with two attached hydrogens (primary N) is 2. The van der Waals surface area contributed by atoms with Gasteiger partial charge in [0.2, 0.25) is 10.3 Å². The highest BCUT2D eigenvalue weighted by molar-refractivity contribution is 8.14. The van der Waals surface area contributed by atoms with Gasteiger partial charge in [0.05, 0.1) is 0 Å². The second kappa shape index (κ2) is 9.95. The highest BCUT2D eigenvalue weighted by Crippen LogP contribution is 2.32. The fourth-order valence-corrected chi connectivity index (χ4v) is 3.68. The van der Waals surface area contributed by atoms with Crippen LogP contribution in [0.4, 0.5) is 0 Å². The number of rotatable bonds is 6. The molecule has 0 saturated carbocycles. The molecule has 0 fully saturated rings. The minimum atomic E-state index is -0.169. The maximum atomic E-state index is 7.03. The summed E-state index contributed by atoms with van der Waals surface area (Å²) in [5, 5.41) is 14.0. The van der Waals surface area contributed by atoms with Crippen molar-refractivity contribution < 1.29 is 0 Å². The summed E-state index contributed by atoms with van der Waals surface area (Å²) >= 11 is 2.65. The zero-order valence-electron chi connectivity index (χ0n) is 12.8. The normalized spacial score (nSPS) is 15.0. The average Bonchev–Trinajstić information content (AvgIpc) is 2.57. The van der Waals surface area contributed by atoms with E-state index < -0.39 is 0 Å². The topological polar surface area (TPSA) is 149 Å². The molecule has 0 amide bonds. The van der Waals surface area contributed by atoms with Gasteiger partial charge in [0.1, 0.15) is 0 Å². The molecule has 23 heavy (non-hydrogen) atoms. The Morgan fingerprint density at radius 2 is 1.48 bits per heavy atom. The van der Waals surface area contributed by atoms with Crippen LogP contribution >= 0.6 is 23.5 Å². The van der Waals surface area contributed by atoms with E-state index in [4.69, 9.17) is 22.7 Å². The quantitative estimate of drug-likeness (QED) is 0.204. The molecule has 0 unspecified atom stereocenters. The van der Waals surface area contributed by atoms with Crippen LogP contribution in [0.5, 0.6) is 0 Å².